The quantitative estimate of drug-likeness (QED) is 0.716. The van der Waals surface area contributed by atoms with Gasteiger partial charge in [-0.05, 0) is 42.7 Å². The van der Waals surface area contributed by atoms with Crippen molar-refractivity contribution < 1.29 is 4.74 Å². The maximum Gasteiger partial charge on any atom is 0.145 e. The fourth-order valence-corrected chi connectivity index (χ4v) is 3.29. The van der Waals surface area contributed by atoms with Crippen LogP contribution in [0.4, 0.5) is 0 Å². The molecule has 0 amide bonds. The Morgan fingerprint density at radius 2 is 2.20 bits per heavy atom. The first-order chi connectivity index (χ1) is 12.3. The Kier molecular flexibility index (Phi) is 4.43. The van der Waals surface area contributed by atoms with E-state index in [-0.39, 0.29) is 0 Å². The largest absolute Gasteiger partial charge is 0.455 e. The molecule has 6 nitrogen and oxygen atoms in total. The summed E-state index contributed by atoms with van der Waals surface area (Å²) in [5.74, 6) is 1.63. The molecule has 3 aromatic rings. The second-order valence-corrected chi connectivity index (χ2v) is 6.44. The minimum Gasteiger partial charge on any atom is -0.455 e. The van der Waals surface area contributed by atoms with Crippen molar-refractivity contribution >= 4 is 0 Å². The van der Waals surface area contributed by atoms with Crippen molar-refractivity contribution in [3.63, 3.8) is 0 Å². The third-order valence-corrected chi connectivity index (χ3v) is 4.57. The lowest BCUT2D eigenvalue weighted by atomic mass is 10.1. The SMILES string of the molecule is Cc1cc(CN2CCC(n3cncn3)C2)ccc1Oc1cccnc1. The Morgan fingerprint density at radius 3 is 2.96 bits per heavy atom. The Morgan fingerprint density at radius 1 is 1.24 bits per heavy atom. The number of hydrogen-bond donors (Lipinski definition) is 0. The first-order valence-electron chi connectivity index (χ1n) is 8.52. The van der Waals surface area contributed by atoms with Gasteiger partial charge in [0.05, 0.1) is 12.2 Å². The van der Waals surface area contributed by atoms with Crippen LogP contribution in [-0.2, 0) is 6.54 Å². The van der Waals surface area contributed by atoms with Crippen molar-refractivity contribution in [3.8, 4) is 11.5 Å². The standard InChI is InChI=1S/C19H21N5O/c1-15-9-16(4-5-19(15)25-18-3-2-7-20-10-18)11-23-8-6-17(12-23)24-14-21-13-22-24/h2-5,7,9-10,13-14,17H,6,8,11-12H2,1H3. The van der Waals surface area contributed by atoms with Gasteiger partial charge in [0.25, 0.3) is 0 Å². The normalized spacial score (nSPS) is 17.7. The molecule has 25 heavy (non-hydrogen) atoms. The summed E-state index contributed by atoms with van der Waals surface area (Å²) < 4.78 is 7.87. The Bertz CT molecular complexity index is 819. The van der Waals surface area contributed by atoms with Crippen LogP contribution in [0.3, 0.4) is 0 Å². The van der Waals surface area contributed by atoms with Crippen LogP contribution in [0, 0.1) is 6.92 Å². The van der Waals surface area contributed by atoms with Crippen LogP contribution in [0.2, 0.25) is 0 Å². The zero-order valence-electron chi connectivity index (χ0n) is 14.2. The van der Waals surface area contributed by atoms with Crippen molar-refractivity contribution in [2.45, 2.75) is 25.9 Å². The summed E-state index contributed by atoms with van der Waals surface area (Å²) in [5.41, 5.74) is 2.43. The van der Waals surface area contributed by atoms with Crippen molar-refractivity contribution in [1.29, 1.82) is 0 Å². The number of likely N-dealkylation sites (tertiary alicyclic amines) is 1. The summed E-state index contributed by atoms with van der Waals surface area (Å²) >= 11 is 0. The highest BCUT2D eigenvalue weighted by atomic mass is 16.5. The number of hydrogen-bond acceptors (Lipinski definition) is 5. The Labute approximate surface area is 147 Å². The van der Waals surface area contributed by atoms with Crippen LogP contribution in [0.5, 0.6) is 11.5 Å². The molecule has 4 rings (SSSR count). The van der Waals surface area contributed by atoms with Crippen LogP contribution < -0.4 is 4.74 Å². The summed E-state index contributed by atoms with van der Waals surface area (Å²) in [6.45, 7) is 5.12. The zero-order chi connectivity index (χ0) is 17.1. The van der Waals surface area contributed by atoms with Crippen LogP contribution in [0.1, 0.15) is 23.6 Å². The molecule has 0 N–H and O–H groups in total. The van der Waals surface area contributed by atoms with E-state index >= 15 is 0 Å². The van der Waals surface area contributed by atoms with E-state index in [0.29, 0.717) is 6.04 Å². The van der Waals surface area contributed by atoms with Gasteiger partial charge in [-0.25, -0.2) is 9.67 Å². The highest BCUT2D eigenvalue weighted by molar-refractivity contribution is 5.39. The number of rotatable bonds is 5. The highest BCUT2D eigenvalue weighted by Crippen LogP contribution is 2.27. The highest BCUT2D eigenvalue weighted by Gasteiger charge is 2.24. The first-order valence-corrected chi connectivity index (χ1v) is 8.52. The third kappa shape index (κ3) is 3.69. The minimum absolute atomic E-state index is 0.428. The van der Waals surface area contributed by atoms with E-state index in [1.54, 1.807) is 18.7 Å². The summed E-state index contributed by atoms with van der Waals surface area (Å²) in [7, 11) is 0. The monoisotopic (exact) mass is 335 g/mol. The summed E-state index contributed by atoms with van der Waals surface area (Å²) in [5, 5.41) is 4.26. The molecule has 1 fully saturated rings. The molecule has 1 aliphatic heterocycles. The van der Waals surface area contributed by atoms with E-state index < -0.39 is 0 Å². The van der Waals surface area contributed by atoms with Gasteiger partial charge < -0.3 is 4.74 Å². The maximum absolute atomic E-state index is 5.91. The lowest BCUT2D eigenvalue weighted by molar-refractivity contribution is 0.311. The van der Waals surface area contributed by atoms with Crippen LogP contribution in [-0.4, -0.2) is 37.7 Å². The second-order valence-electron chi connectivity index (χ2n) is 6.44. The Balaban J connectivity index is 1.39. The number of ether oxygens (including phenoxy) is 1. The molecule has 6 heteroatoms. The van der Waals surface area contributed by atoms with Crippen molar-refractivity contribution in [2.24, 2.45) is 0 Å². The predicted molar refractivity (Wildman–Crippen MR) is 94.4 cm³/mol. The molecule has 128 valence electrons. The van der Waals surface area contributed by atoms with E-state index in [9.17, 15) is 0 Å². The van der Waals surface area contributed by atoms with Gasteiger partial charge in [-0.15, -0.1) is 0 Å². The topological polar surface area (TPSA) is 56.1 Å². The van der Waals surface area contributed by atoms with Gasteiger partial charge in [-0.2, -0.15) is 5.10 Å². The molecule has 2 aromatic heterocycles. The maximum atomic E-state index is 5.91. The molecule has 1 saturated heterocycles. The van der Waals surface area contributed by atoms with Crippen molar-refractivity contribution in [1.82, 2.24) is 24.6 Å². The van der Waals surface area contributed by atoms with E-state index in [1.807, 2.05) is 29.2 Å². The van der Waals surface area contributed by atoms with Gasteiger partial charge in [-0.3, -0.25) is 9.88 Å². The average molecular weight is 335 g/mol. The molecule has 1 aromatic carbocycles. The lowest BCUT2D eigenvalue weighted by Crippen LogP contribution is -2.21. The number of aryl methyl sites for hydroxylation is 1. The van der Waals surface area contributed by atoms with E-state index in [2.05, 4.69) is 39.0 Å². The minimum atomic E-state index is 0.428. The zero-order valence-corrected chi connectivity index (χ0v) is 14.2. The fraction of sp³-hybridized carbons (Fsp3) is 0.316. The first kappa shape index (κ1) is 15.8. The van der Waals surface area contributed by atoms with Gasteiger partial charge in [0.1, 0.15) is 24.2 Å². The van der Waals surface area contributed by atoms with E-state index in [4.69, 9.17) is 4.74 Å². The molecular formula is C19H21N5O. The van der Waals surface area contributed by atoms with Gasteiger partial charge in [-0.1, -0.05) is 12.1 Å². The molecule has 1 unspecified atom stereocenters. The molecule has 0 saturated carbocycles. The van der Waals surface area contributed by atoms with Gasteiger partial charge >= 0.3 is 0 Å². The van der Waals surface area contributed by atoms with E-state index in [1.165, 1.54) is 5.56 Å². The van der Waals surface area contributed by atoms with Crippen LogP contribution in [0.25, 0.3) is 0 Å². The van der Waals surface area contributed by atoms with Crippen molar-refractivity contribution in [2.75, 3.05) is 13.1 Å². The smallest absolute Gasteiger partial charge is 0.145 e. The number of benzene rings is 1. The van der Waals surface area contributed by atoms with E-state index in [0.717, 1.165) is 43.1 Å². The Hall–Kier alpha value is -2.73. The molecule has 1 atom stereocenters. The molecule has 0 spiro atoms. The predicted octanol–water partition coefficient (Wildman–Crippen LogP) is 3.22. The lowest BCUT2D eigenvalue weighted by Gasteiger charge is -2.17. The van der Waals surface area contributed by atoms with Gasteiger partial charge in [0.2, 0.25) is 0 Å². The van der Waals surface area contributed by atoms with Crippen molar-refractivity contribution in [3.05, 3.63) is 66.5 Å². The summed E-state index contributed by atoms with van der Waals surface area (Å²) in [6, 6.07) is 10.6. The number of nitrogens with zero attached hydrogens (tertiary/aromatic N) is 5. The number of aromatic nitrogens is 4. The fourth-order valence-electron chi connectivity index (χ4n) is 3.29. The van der Waals surface area contributed by atoms with Crippen LogP contribution in [0.15, 0.2) is 55.4 Å². The average Bonchev–Trinajstić information content (AvgIpc) is 3.30. The van der Waals surface area contributed by atoms with Gasteiger partial charge in [0, 0.05) is 25.8 Å². The number of pyridine rings is 1. The molecular weight excluding hydrogens is 314 g/mol. The summed E-state index contributed by atoms with van der Waals surface area (Å²) in [6.07, 6.45) is 7.99. The molecule has 0 aliphatic carbocycles. The molecule has 0 bridgehead atoms. The molecule has 3 heterocycles. The van der Waals surface area contributed by atoms with Crippen LogP contribution >= 0.6 is 0 Å². The molecule has 1 aliphatic rings. The second kappa shape index (κ2) is 7.03. The molecule has 0 radical (unpaired) electrons. The summed E-state index contributed by atoms with van der Waals surface area (Å²) in [4.78, 5) is 10.6. The third-order valence-electron chi connectivity index (χ3n) is 4.57. The van der Waals surface area contributed by atoms with Gasteiger partial charge in [0.15, 0.2) is 0 Å².